The Bertz CT molecular complexity index is 1360. The number of hydrogen-bond donors (Lipinski definition) is 1. The van der Waals surface area contributed by atoms with E-state index in [2.05, 4.69) is 24.4 Å². The molecular weight excluding hydrogens is 476 g/mol. The van der Waals surface area contributed by atoms with Crippen molar-refractivity contribution in [3.8, 4) is 5.75 Å². The summed E-state index contributed by atoms with van der Waals surface area (Å²) in [4.78, 5) is 12.4. The van der Waals surface area contributed by atoms with Gasteiger partial charge in [-0.3, -0.25) is 4.79 Å². The van der Waals surface area contributed by atoms with E-state index in [0.717, 1.165) is 34.4 Å². The number of hydrogen-bond acceptors (Lipinski definition) is 5. The number of rotatable bonds is 7. The molecule has 0 saturated heterocycles. The summed E-state index contributed by atoms with van der Waals surface area (Å²) in [5, 5.41) is 2.62. The fraction of sp³-hybridized carbons (Fsp3) is 0.393. The molecule has 7 nitrogen and oxygen atoms in total. The molecule has 8 heteroatoms. The molecule has 3 aromatic rings. The Hall–Kier alpha value is -3.10. The van der Waals surface area contributed by atoms with Crippen LogP contribution in [0, 0.1) is 13.8 Å². The first-order valence-corrected chi connectivity index (χ1v) is 13.8. The molecule has 0 radical (unpaired) electrons. The van der Waals surface area contributed by atoms with E-state index < -0.39 is 10.0 Å². The quantitative estimate of drug-likeness (QED) is 0.474. The molecule has 2 atom stereocenters. The highest BCUT2D eigenvalue weighted by atomic mass is 32.2. The lowest BCUT2D eigenvalue weighted by molar-refractivity contribution is 0.0932. The number of sulfonamides is 1. The van der Waals surface area contributed by atoms with Crippen molar-refractivity contribution in [2.45, 2.75) is 64.0 Å². The lowest BCUT2D eigenvalue weighted by atomic mass is 9.91. The third kappa shape index (κ3) is 4.92. The third-order valence-electron chi connectivity index (χ3n) is 6.87. The Kier molecular flexibility index (Phi) is 7.57. The molecule has 1 amide bonds. The van der Waals surface area contributed by atoms with E-state index in [4.69, 9.17) is 9.15 Å². The van der Waals surface area contributed by atoms with Gasteiger partial charge in [0.1, 0.15) is 22.5 Å². The van der Waals surface area contributed by atoms with E-state index in [1.807, 2.05) is 32.9 Å². The zero-order valence-corrected chi connectivity index (χ0v) is 22.3. The van der Waals surface area contributed by atoms with Gasteiger partial charge in [0.25, 0.3) is 5.91 Å². The lowest BCUT2D eigenvalue weighted by Crippen LogP contribution is -2.36. The van der Waals surface area contributed by atoms with Crippen LogP contribution in [-0.4, -0.2) is 38.3 Å². The molecule has 1 N–H and O–H groups in total. The van der Waals surface area contributed by atoms with E-state index in [1.54, 1.807) is 31.3 Å². The summed E-state index contributed by atoms with van der Waals surface area (Å²) in [6, 6.07) is 14.9. The molecule has 0 bridgehead atoms. The van der Waals surface area contributed by atoms with Crippen molar-refractivity contribution in [3.05, 3.63) is 82.3 Å². The Balaban J connectivity index is 1.70. The molecule has 0 spiro atoms. The fourth-order valence-corrected chi connectivity index (χ4v) is 6.26. The number of nitrogens with one attached hydrogen (secondary N) is 1. The zero-order valence-electron chi connectivity index (χ0n) is 21.5. The number of nitrogens with zero attached hydrogens (tertiary/aromatic N) is 1. The van der Waals surface area contributed by atoms with E-state index in [0.29, 0.717) is 17.9 Å². The van der Waals surface area contributed by atoms with Crippen molar-refractivity contribution in [1.82, 2.24) is 9.62 Å². The molecule has 36 heavy (non-hydrogen) atoms. The first-order chi connectivity index (χ1) is 17.2. The van der Waals surface area contributed by atoms with Gasteiger partial charge in [0.15, 0.2) is 5.76 Å². The second-order valence-electron chi connectivity index (χ2n) is 9.28. The molecule has 4 rings (SSSR count). The van der Waals surface area contributed by atoms with E-state index in [9.17, 15) is 13.2 Å². The van der Waals surface area contributed by atoms with Crippen LogP contribution in [0.4, 0.5) is 0 Å². The first-order valence-electron chi connectivity index (χ1n) is 12.4. The van der Waals surface area contributed by atoms with E-state index in [1.165, 1.54) is 4.31 Å². The highest BCUT2D eigenvalue weighted by molar-refractivity contribution is 7.89. The summed E-state index contributed by atoms with van der Waals surface area (Å²) >= 11 is 0. The predicted molar refractivity (Wildman–Crippen MR) is 139 cm³/mol. The van der Waals surface area contributed by atoms with Crippen LogP contribution in [0.25, 0.3) is 0 Å². The Morgan fingerprint density at radius 3 is 2.56 bits per heavy atom. The molecular formula is C28H34N2O5S. The van der Waals surface area contributed by atoms with Gasteiger partial charge in [0.05, 0.1) is 6.54 Å². The maximum atomic E-state index is 13.6. The van der Waals surface area contributed by atoms with Gasteiger partial charge in [-0.1, -0.05) is 44.2 Å². The van der Waals surface area contributed by atoms with Crippen LogP contribution in [0.15, 0.2) is 57.8 Å². The highest BCUT2D eigenvalue weighted by Crippen LogP contribution is 2.35. The Labute approximate surface area is 213 Å². The molecule has 1 aliphatic heterocycles. The number of carbonyl (C=O) groups is 1. The van der Waals surface area contributed by atoms with Gasteiger partial charge < -0.3 is 14.5 Å². The number of furan rings is 1. The molecule has 1 aromatic heterocycles. The molecule has 0 aliphatic carbocycles. The number of ether oxygens (including phenoxy) is 1. The zero-order chi connectivity index (χ0) is 26.0. The summed E-state index contributed by atoms with van der Waals surface area (Å²) in [6.45, 7) is 8.45. The summed E-state index contributed by atoms with van der Waals surface area (Å²) in [5.41, 5.74) is 3.75. The van der Waals surface area contributed by atoms with Crippen molar-refractivity contribution in [2.24, 2.45) is 0 Å². The van der Waals surface area contributed by atoms with Crippen LogP contribution in [0.2, 0.25) is 0 Å². The molecule has 2 aromatic carbocycles. The van der Waals surface area contributed by atoms with Gasteiger partial charge in [-0.25, -0.2) is 8.42 Å². The Morgan fingerprint density at radius 2 is 1.86 bits per heavy atom. The van der Waals surface area contributed by atoms with Crippen LogP contribution >= 0.6 is 0 Å². The van der Waals surface area contributed by atoms with E-state index in [-0.39, 0.29) is 35.9 Å². The summed E-state index contributed by atoms with van der Waals surface area (Å²) in [7, 11) is -2.16. The first kappa shape index (κ1) is 26.0. The second-order valence-corrected chi connectivity index (χ2v) is 11.2. The number of carbonyl (C=O) groups excluding carboxylic acids is 1. The number of aryl methyl sites for hydroxylation is 2. The monoisotopic (exact) mass is 510 g/mol. The molecule has 1 unspecified atom stereocenters. The predicted octanol–water partition coefficient (Wildman–Crippen LogP) is 5.16. The third-order valence-corrected chi connectivity index (χ3v) is 8.72. The number of amides is 1. The van der Waals surface area contributed by atoms with Crippen LogP contribution in [-0.2, 0) is 16.6 Å². The fourth-order valence-electron chi connectivity index (χ4n) is 4.69. The Morgan fingerprint density at radius 1 is 1.11 bits per heavy atom. The average molecular weight is 511 g/mol. The maximum Gasteiger partial charge on any atom is 0.287 e. The van der Waals surface area contributed by atoms with Gasteiger partial charge in [-0.15, -0.1) is 0 Å². The standard InChI is InChI=1S/C28H34N2O5S/c1-6-22-17-30(36(32,33)26-11-9-8-10-24(26)34-22)16-21-15-20(13-12-18(21)3)23(7-2)25-14-19(4)27(35-25)28(31)29-5/h8-15,22-23H,6-7,16-17H2,1-5H3,(H,29,31)/t22-,23?/m1/s1. The summed E-state index contributed by atoms with van der Waals surface area (Å²) in [6.07, 6.45) is 1.23. The van der Waals surface area contributed by atoms with Crippen molar-refractivity contribution in [2.75, 3.05) is 13.6 Å². The normalized spacial score (nSPS) is 18.1. The second kappa shape index (κ2) is 10.5. The van der Waals surface area contributed by atoms with Crippen LogP contribution in [0.1, 0.15) is 71.2 Å². The molecule has 0 saturated carbocycles. The van der Waals surface area contributed by atoms with Crippen molar-refractivity contribution in [1.29, 1.82) is 0 Å². The molecule has 2 heterocycles. The van der Waals surface area contributed by atoms with Crippen molar-refractivity contribution >= 4 is 15.9 Å². The van der Waals surface area contributed by atoms with E-state index >= 15 is 0 Å². The minimum atomic E-state index is -3.74. The SMILES string of the molecule is CCC(c1ccc(C)c(CN2C[C@@H](CC)Oc3ccccc3S2(=O)=O)c1)c1cc(C)c(C(=O)NC)o1. The average Bonchev–Trinajstić information content (AvgIpc) is 3.21. The number of benzene rings is 2. The smallest absolute Gasteiger partial charge is 0.287 e. The molecule has 1 aliphatic rings. The minimum absolute atomic E-state index is 0.0605. The van der Waals surface area contributed by atoms with Crippen molar-refractivity contribution in [3.63, 3.8) is 0 Å². The minimum Gasteiger partial charge on any atom is -0.488 e. The van der Waals surface area contributed by atoms with Crippen LogP contribution < -0.4 is 10.1 Å². The largest absolute Gasteiger partial charge is 0.488 e. The van der Waals surface area contributed by atoms with Gasteiger partial charge in [0.2, 0.25) is 10.0 Å². The molecule has 192 valence electrons. The van der Waals surface area contributed by atoms with Gasteiger partial charge in [-0.2, -0.15) is 4.31 Å². The lowest BCUT2D eigenvalue weighted by Gasteiger charge is -2.24. The topological polar surface area (TPSA) is 88.8 Å². The summed E-state index contributed by atoms with van der Waals surface area (Å²) in [5.74, 6) is 1.13. The molecule has 0 fully saturated rings. The maximum absolute atomic E-state index is 13.6. The van der Waals surface area contributed by atoms with Crippen LogP contribution in [0.3, 0.4) is 0 Å². The van der Waals surface area contributed by atoms with Gasteiger partial charge >= 0.3 is 0 Å². The van der Waals surface area contributed by atoms with Crippen LogP contribution in [0.5, 0.6) is 5.75 Å². The number of para-hydroxylation sites is 1. The van der Waals surface area contributed by atoms with Gasteiger partial charge in [0, 0.05) is 25.1 Å². The summed E-state index contributed by atoms with van der Waals surface area (Å²) < 4.78 is 40.8. The van der Waals surface area contributed by atoms with Crippen molar-refractivity contribution < 1.29 is 22.4 Å². The number of fused-ring (bicyclic) bond motifs is 1. The highest BCUT2D eigenvalue weighted by Gasteiger charge is 2.34. The van der Waals surface area contributed by atoms with Gasteiger partial charge in [-0.05, 0) is 61.6 Å².